The first-order valence-electron chi connectivity index (χ1n) is 7.76. The molecule has 1 aromatic carbocycles. The van der Waals surface area contributed by atoms with Gasteiger partial charge in [0.25, 0.3) is 0 Å². The molecule has 21 heavy (non-hydrogen) atoms. The fourth-order valence-electron chi connectivity index (χ4n) is 2.98. The molecule has 1 aromatic rings. The van der Waals surface area contributed by atoms with Crippen molar-refractivity contribution in [2.45, 2.75) is 44.3 Å². The van der Waals surface area contributed by atoms with Gasteiger partial charge in [-0.15, -0.1) is 0 Å². The third kappa shape index (κ3) is 3.94. The van der Waals surface area contributed by atoms with Gasteiger partial charge in [-0.3, -0.25) is 0 Å². The molecule has 0 fully saturated rings. The van der Waals surface area contributed by atoms with E-state index in [-0.39, 0.29) is 0 Å². The van der Waals surface area contributed by atoms with E-state index in [4.69, 9.17) is 14.6 Å². The summed E-state index contributed by atoms with van der Waals surface area (Å²) in [7, 11) is 3.40. The minimum Gasteiger partial charge on any atom is -0.396 e. The van der Waals surface area contributed by atoms with Gasteiger partial charge in [0.2, 0.25) is 0 Å². The molecule has 0 atom stereocenters. The second-order valence-electron chi connectivity index (χ2n) is 5.61. The predicted molar refractivity (Wildman–Crippen MR) is 85.0 cm³/mol. The summed E-state index contributed by atoms with van der Waals surface area (Å²) in [4.78, 5) is 0. The lowest BCUT2D eigenvalue weighted by atomic mass is 9.85. The van der Waals surface area contributed by atoms with Crippen molar-refractivity contribution in [2.75, 3.05) is 20.8 Å². The summed E-state index contributed by atoms with van der Waals surface area (Å²) in [5.74, 6) is -0.630. The minimum absolute atomic E-state index is 0.294. The van der Waals surface area contributed by atoms with Crippen LogP contribution in [0.4, 0.5) is 0 Å². The summed E-state index contributed by atoms with van der Waals surface area (Å²) in [5.41, 5.74) is 3.92. The first-order chi connectivity index (χ1) is 10.2. The highest BCUT2D eigenvalue weighted by Crippen LogP contribution is 2.36. The van der Waals surface area contributed by atoms with Gasteiger partial charge in [0.05, 0.1) is 0 Å². The molecule has 0 aliphatic heterocycles. The van der Waals surface area contributed by atoms with E-state index >= 15 is 0 Å². The Balaban J connectivity index is 2.12. The van der Waals surface area contributed by atoms with E-state index in [0.29, 0.717) is 6.61 Å². The Kier molecular flexibility index (Phi) is 5.97. The molecule has 3 heteroatoms. The Labute approximate surface area is 127 Å². The van der Waals surface area contributed by atoms with E-state index in [1.54, 1.807) is 14.2 Å². The van der Waals surface area contributed by atoms with Crippen LogP contribution in [0.15, 0.2) is 30.3 Å². The average Bonchev–Trinajstić information content (AvgIpc) is 2.54. The van der Waals surface area contributed by atoms with Crippen LogP contribution in [-0.2, 0) is 15.9 Å². The highest BCUT2D eigenvalue weighted by Gasteiger charge is 2.33. The van der Waals surface area contributed by atoms with Crippen LogP contribution in [0.5, 0.6) is 0 Å². The van der Waals surface area contributed by atoms with Crippen LogP contribution < -0.4 is 0 Å². The summed E-state index contributed by atoms with van der Waals surface area (Å²) < 4.78 is 11.3. The molecule has 0 aromatic heterocycles. The quantitative estimate of drug-likeness (QED) is 0.588. The van der Waals surface area contributed by atoms with Crippen LogP contribution in [0.3, 0.4) is 0 Å². The van der Waals surface area contributed by atoms with E-state index < -0.39 is 5.79 Å². The third-order valence-corrected chi connectivity index (χ3v) is 4.24. The number of ether oxygens (including phenoxy) is 2. The van der Waals surface area contributed by atoms with E-state index in [2.05, 4.69) is 30.3 Å². The molecule has 0 heterocycles. The summed E-state index contributed by atoms with van der Waals surface area (Å²) in [6.45, 7) is 0.294. The molecule has 1 aliphatic carbocycles. The molecule has 0 saturated heterocycles. The molecular formula is C18H26O3. The maximum absolute atomic E-state index is 8.83. The number of methoxy groups -OCH3 is 2. The van der Waals surface area contributed by atoms with Gasteiger partial charge in [0.15, 0.2) is 5.79 Å². The Morgan fingerprint density at radius 1 is 1.05 bits per heavy atom. The predicted octanol–water partition coefficient (Wildman–Crippen LogP) is 3.56. The smallest absolute Gasteiger partial charge is 0.191 e. The lowest BCUT2D eigenvalue weighted by Gasteiger charge is -2.34. The molecule has 0 amide bonds. The Morgan fingerprint density at radius 3 is 2.48 bits per heavy atom. The van der Waals surface area contributed by atoms with Crippen molar-refractivity contribution in [3.8, 4) is 0 Å². The molecule has 116 valence electrons. The molecular weight excluding hydrogens is 264 g/mol. The molecule has 0 bridgehead atoms. The average molecular weight is 290 g/mol. The fraction of sp³-hybridized carbons (Fsp3) is 0.556. The Hall–Kier alpha value is -1.16. The summed E-state index contributed by atoms with van der Waals surface area (Å²) in [6.07, 6.45) is 8.18. The van der Waals surface area contributed by atoms with Crippen LogP contribution >= 0.6 is 0 Å². The standard InChI is InChI=1S/C18H26O3/c1-20-18(21-2)13-15(9-5-3-4-8-12-19)17-11-7-6-10-16(17)14-18/h6-7,10-11,13,19H,3-5,8-9,12,14H2,1-2H3. The first kappa shape index (κ1) is 16.2. The summed E-state index contributed by atoms with van der Waals surface area (Å²) in [6, 6.07) is 8.50. The molecule has 0 unspecified atom stereocenters. The zero-order chi connectivity index (χ0) is 15.1. The molecule has 1 aliphatic rings. The van der Waals surface area contributed by atoms with Gasteiger partial charge in [-0.25, -0.2) is 0 Å². The van der Waals surface area contributed by atoms with E-state index in [9.17, 15) is 0 Å². The van der Waals surface area contributed by atoms with Gasteiger partial charge in [-0.2, -0.15) is 0 Å². The van der Waals surface area contributed by atoms with Crippen LogP contribution in [-0.4, -0.2) is 31.7 Å². The number of allylic oxidation sites excluding steroid dienone is 1. The van der Waals surface area contributed by atoms with Gasteiger partial charge >= 0.3 is 0 Å². The number of benzene rings is 1. The van der Waals surface area contributed by atoms with E-state index in [1.165, 1.54) is 16.7 Å². The summed E-state index contributed by atoms with van der Waals surface area (Å²) >= 11 is 0. The van der Waals surface area contributed by atoms with Crippen molar-refractivity contribution in [1.82, 2.24) is 0 Å². The minimum atomic E-state index is -0.630. The number of fused-ring (bicyclic) bond motifs is 1. The molecule has 1 N–H and O–H groups in total. The van der Waals surface area contributed by atoms with E-state index in [0.717, 1.165) is 38.5 Å². The fourth-order valence-corrected chi connectivity index (χ4v) is 2.98. The number of unbranched alkanes of at least 4 members (excludes halogenated alkanes) is 3. The lowest BCUT2D eigenvalue weighted by molar-refractivity contribution is -0.169. The zero-order valence-corrected chi connectivity index (χ0v) is 13.1. The van der Waals surface area contributed by atoms with Crippen molar-refractivity contribution in [3.63, 3.8) is 0 Å². The number of aliphatic hydroxyl groups is 1. The zero-order valence-electron chi connectivity index (χ0n) is 13.1. The number of aliphatic hydroxyl groups excluding tert-OH is 1. The number of rotatable bonds is 8. The van der Waals surface area contributed by atoms with Crippen molar-refractivity contribution < 1.29 is 14.6 Å². The van der Waals surface area contributed by atoms with Crippen molar-refractivity contribution in [1.29, 1.82) is 0 Å². The highest BCUT2D eigenvalue weighted by atomic mass is 16.7. The molecule has 0 radical (unpaired) electrons. The molecule has 0 saturated carbocycles. The maximum atomic E-state index is 8.83. The van der Waals surface area contributed by atoms with Crippen LogP contribution in [0.25, 0.3) is 5.57 Å². The highest BCUT2D eigenvalue weighted by molar-refractivity contribution is 5.71. The SMILES string of the molecule is COC1(OC)C=C(CCCCCCO)c2ccccc2C1. The Bertz CT molecular complexity index is 475. The van der Waals surface area contributed by atoms with Gasteiger partial charge in [-0.05, 0) is 42.0 Å². The van der Waals surface area contributed by atoms with Gasteiger partial charge in [-0.1, -0.05) is 37.1 Å². The van der Waals surface area contributed by atoms with Crippen LogP contribution in [0.2, 0.25) is 0 Å². The molecule has 0 spiro atoms. The van der Waals surface area contributed by atoms with Gasteiger partial charge in [0.1, 0.15) is 0 Å². The van der Waals surface area contributed by atoms with E-state index in [1.807, 2.05) is 0 Å². The lowest BCUT2D eigenvalue weighted by Crippen LogP contribution is -2.36. The largest absolute Gasteiger partial charge is 0.396 e. The number of hydrogen-bond donors (Lipinski definition) is 1. The molecule has 3 nitrogen and oxygen atoms in total. The van der Waals surface area contributed by atoms with Crippen molar-refractivity contribution >= 4 is 5.57 Å². The summed E-state index contributed by atoms with van der Waals surface area (Å²) in [5, 5.41) is 8.83. The molecule has 2 rings (SSSR count). The van der Waals surface area contributed by atoms with Crippen LogP contribution in [0, 0.1) is 0 Å². The van der Waals surface area contributed by atoms with Crippen molar-refractivity contribution in [3.05, 3.63) is 41.5 Å². The third-order valence-electron chi connectivity index (χ3n) is 4.24. The normalized spacial score (nSPS) is 16.4. The van der Waals surface area contributed by atoms with Gasteiger partial charge < -0.3 is 14.6 Å². The number of hydrogen-bond acceptors (Lipinski definition) is 3. The second-order valence-corrected chi connectivity index (χ2v) is 5.61. The first-order valence-corrected chi connectivity index (χ1v) is 7.76. The van der Waals surface area contributed by atoms with Crippen molar-refractivity contribution in [2.24, 2.45) is 0 Å². The Morgan fingerprint density at radius 2 is 1.76 bits per heavy atom. The van der Waals surface area contributed by atoms with Crippen LogP contribution in [0.1, 0.15) is 43.2 Å². The monoisotopic (exact) mass is 290 g/mol. The maximum Gasteiger partial charge on any atom is 0.191 e. The van der Waals surface area contributed by atoms with Gasteiger partial charge in [0, 0.05) is 27.2 Å². The second kappa shape index (κ2) is 7.74. The topological polar surface area (TPSA) is 38.7 Å².